The van der Waals surface area contributed by atoms with Crippen molar-refractivity contribution in [2.45, 2.75) is 169 Å². The van der Waals surface area contributed by atoms with Crippen LogP contribution < -0.4 is 84.8 Å². The van der Waals surface area contributed by atoms with Crippen molar-refractivity contribution in [3.8, 4) is 11.5 Å². The van der Waals surface area contributed by atoms with Gasteiger partial charge in [0.15, 0.2) is 73.5 Å². The molecule has 0 aromatic heterocycles. The second-order valence-electron chi connectivity index (χ2n) is 34.8. The number of hydrogen-bond acceptors (Lipinski definition) is 4. The van der Waals surface area contributed by atoms with Gasteiger partial charge in [-0.1, -0.05) is 247 Å². The molecule has 3 fully saturated rings. The molecule has 0 bridgehead atoms. The second kappa shape index (κ2) is 60.1. The van der Waals surface area contributed by atoms with Gasteiger partial charge in [-0.15, -0.1) is 0 Å². The molecule has 3 heterocycles. The summed E-state index contributed by atoms with van der Waals surface area (Å²) < 4.78 is 11.9. The molecule has 0 spiro atoms. The second-order valence-corrected chi connectivity index (χ2v) is 59.0. The minimum absolute atomic E-state index is 0.000856. The average Bonchev–Trinajstić information content (AvgIpc) is 0.806. The van der Waals surface area contributed by atoms with E-state index in [2.05, 4.69) is 443 Å². The zero-order chi connectivity index (χ0) is 98.5. The van der Waals surface area contributed by atoms with Crippen LogP contribution in [0.1, 0.15) is 118 Å². The largest absolute Gasteiger partial charge is 0.508 e. The van der Waals surface area contributed by atoms with Gasteiger partial charge in [0.2, 0.25) is 5.78 Å². The molecule has 718 valence electrons. The summed E-state index contributed by atoms with van der Waals surface area (Å²) in [5, 5.41) is 19.3. The monoisotopic (exact) mass is 2420 g/mol. The number of phenols is 2. The van der Waals surface area contributed by atoms with Crippen LogP contribution in [0.3, 0.4) is 0 Å². The van der Waals surface area contributed by atoms with Crippen molar-refractivity contribution in [1.82, 2.24) is 0 Å². The highest BCUT2D eigenvalue weighted by Gasteiger charge is 2.33. The smallest absolute Gasteiger partial charge is 0.357 e. The Morgan fingerprint density at radius 3 is 0.865 bits per heavy atom. The van der Waals surface area contributed by atoms with Gasteiger partial charge in [-0.2, -0.15) is 0 Å². The molecule has 3 aliphatic heterocycles. The van der Waals surface area contributed by atoms with E-state index in [0.29, 0.717) is 50.0 Å². The molecule has 0 amide bonds. The van der Waals surface area contributed by atoms with E-state index in [1.807, 2.05) is 68.1 Å². The Morgan fingerprint density at radius 1 is 0.262 bits per heavy atom. The van der Waals surface area contributed by atoms with Crippen molar-refractivity contribution >= 4 is 72.0 Å². The van der Waals surface area contributed by atoms with Gasteiger partial charge in [0.1, 0.15) is 46.0 Å². The molecule has 0 aliphatic carbocycles. The Morgan fingerprint density at radius 2 is 0.539 bits per heavy atom. The van der Waals surface area contributed by atoms with Crippen molar-refractivity contribution < 1.29 is 99.8 Å². The molecular weight excluding hydrogens is 2290 g/mol. The zero-order valence-corrected chi connectivity index (χ0v) is 96.2. The number of ketones is 1. The van der Waals surface area contributed by atoms with Crippen LogP contribution in [-0.2, 0) is 54.5 Å². The zero-order valence-electron chi connectivity index (χ0n) is 82.6. The number of carbonyl (C=O) groups excluding carboxylic acids is 1. The standard InChI is InChI=1S/C36H28S3.2C14H14I.C13H12I.2C13H18OS.C13H17OS.C12H10I/c1-5-13-31(14-6-1)38(32-15-7-2-8-16-32)35-25-21-29(22-26-35)37-30-23-27-36(28-24-30)39(33-17-9-3-10-18-33)34-19-11-4-12-20-34;1-11-3-7-13(8-4-11)15-14-9-5-12(2)6-10-14;1-11-8-9-14(10-12(11)2)15-13-6-4-3-5-7-13;1-11-7-9-13(10-8-11)14-12-5-3-2-4-6-12;1-10-8-12(9-11(2)13(10)14)15-6-4-3-5-7-15;1-10-8-12(14)9-11(2)13(10)15-6-4-3-5-7-15;14-13(12-7-3-1-4-8-12)11-15-9-5-2-6-10-15;1-3-7-11(8-4-1)13-12-9-5-2-6-10-12/h1-28H;2*3-10H,1-2H3;2-10H,1H3;2*8-9H,3-7H2,1-2H3;1,3-4,7-8H,2,5-6,9-11H2;1-10H/q+2;3*+1;;;2*+1/p+2. The lowest BCUT2D eigenvalue weighted by molar-refractivity contribution is -0.597. The summed E-state index contributed by atoms with van der Waals surface area (Å²) in [6, 6.07) is 156. The van der Waals surface area contributed by atoms with E-state index in [1.165, 1.54) is 209 Å². The van der Waals surface area contributed by atoms with Gasteiger partial charge >= 0.3 is 84.8 Å². The van der Waals surface area contributed by atoms with E-state index < -0.39 is 0 Å². The SMILES string of the molecule is Cc1cc(O)cc(C)c1[S+]1CCCCC1.Cc1cc([S+]2CCCCC2)cc(C)c1O.Cc1ccc([I+]c2ccc(C)cc2)cc1.Cc1ccc([I+]c2ccccc2)cc1.Cc1ccc([I+]c2ccccc2)cc1C.O=C(C[S+]1CCCCC1)c1ccccc1.c1ccc([I+]c2ccccc2)cc1.c1ccc([S+](c2ccccc2)c2ccc(Sc3ccc([S+](c4ccccc4)c4ccccc4)cc3)cc2)cc1. The molecular formula is C128H133I4O3S6+9. The molecule has 2 N–H and O–H groups in total. The van der Waals surface area contributed by atoms with Gasteiger partial charge in [0.05, 0.1) is 21.8 Å². The summed E-state index contributed by atoms with van der Waals surface area (Å²) in [4.78, 5) is 25.4. The van der Waals surface area contributed by atoms with Crippen molar-refractivity contribution in [3.63, 3.8) is 0 Å². The lowest BCUT2D eigenvalue weighted by Crippen LogP contribution is -3.61. The topological polar surface area (TPSA) is 57.5 Å². The van der Waals surface area contributed by atoms with Crippen LogP contribution in [0.4, 0.5) is 0 Å². The number of carbonyl (C=O) groups is 1. The van der Waals surface area contributed by atoms with E-state index in [4.69, 9.17) is 0 Å². The summed E-state index contributed by atoms with van der Waals surface area (Å²) in [7, 11) is 1.03. The highest BCUT2D eigenvalue weighted by Crippen LogP contribution is 2.38. The van der Waals surface area contributed by atoms with Crippen molar-refractivity contribution in [1.29, 1.82) is 0 Å². The number of halogens is 4. The maximum absolute atomic E-state index is 11.9. The Balaban J connectivity index is 0.000000141. The summed E-state index contributed by atoms with van der Waals surface area (Å²) in [6.07, 6.45) is 12.3. The first-order chi connectivity index (χ1) is 68.9. The number of Topliss-reactive ketones (excluding diaryl/α,β-unsaturated/α-hetero) is 1. The van der Waals surface area contributed by atoms with Crippen LogP contribution in [0.25, 0.3) is 0 Å². The first-order valence-electron chi connectivity index (χ1n) is 48.7. The predicted octanol–water partition coefficient (Wildman–Crippen LogP) is 19.8. The lowest BCUT2D eigenvalue weighted by atomic mass is 10.1. The molecule has 3 saturated heterocycles. The van der Waals surface area contributed by atoms with E-state index in [9.17, 15) is 15.0 Å². The fourth-order valence-corrected chi connectivity index (χ4v) is 37.5. The Kier molecular flexibility index (Phi) is 46.6. The minimum Gasteiger partial charge on any atom is -0.508 e. The van der Waals surface area contributed by atoms with E-state index in [-0.39, 0.29) is 107 Å². The van der Waals surface area contributed by atoms with E-state index in [0.717, 1.165) is 22.4 Å². The van der Waals surface area contributed by atoms with Crippen LogP contribution in [0.5, 0.6) is 11.5 Å². The van der Waals surface area contributed by atoms with Crippen LogP contribution >= 0.6 is 11.8 Å². The first kappa shape index (κ1) is 109. The van der Waals surface area contributed by atoms with Crippen LogP contribution in [0, 0.1) is 90.9 Å². The molecule has 17 aromatic rings. The number of aryl methyl sites for hydroxylation is 9. The molecule has 0 unspecified atom stereocenters. The molecule has 0 radical (unpaired) electrons. The highest BCUT2D eigenvalue weighted by atomic mass is 127. The third-order valence-electron chi connectivity index (χ3n) is 23.5. The average molecular weight is 2420 g/mol. The highest BCUT2D eigenvalue weighted by molar-refractivity contribution is 7.99. The number of rotatable bonds is 21. The molecule has 13 heteroatoms. The van der Waals surface area contributed by atoms with Crippen molar-refractivity contribution in [2.24, 2.45) is 0 Å². The quantitative estimate of drug-likeness (QED) is 0.0428. The number of phenolic OH excluding ortho intramolecular Hbond substituents is 2. The number of benzene rings is 17. The number of hydrogen-bond donors (Lipinski definition) is 2. The van der Waals surface area contributed by atoms with Crippen molar-refractivity contribution in [3.05, 3.63) is 521 Å². The molecule has 17 aromatic carbocycles. The third-order valence-corrected chi connectivity index (χ3v) is 47.3. The summed E-state index contributed by atoms with van der Waals surface area (Å²) in [5.74, 6) is 9.96. The Labute approximate surface area is 903 Å². The maximum atomic E-state index is 11.9. The number of aromatic hydroxyl groups is 2. The third kappa shape index (κ3) is 37.2. The summed E-state index contributed by atoms with van der Waals surface area (Å²) in [6.45, 7) is 19.0. The fraction of sp³-hybridized carbons (Fsp3) is 0.195. The normalized spacial score (nSPS) is 12.9. The fourth-order valence-electron chi connectivity index (χ4n) is 15.9. The molecule has 0 atom stereocenters. The van der Waals surface area contributed by atoms with Crippen LogP contribution in [0.2, 0.25) is 0 Å². The molecule has 20 rings (SSSR count). The van der Waals surface area contributed by atoms with Gasteiger partial charge in [-0.3, -0.25) is 4.79 Å². The van der Waals surface area contributed by atoms with Gasteiger partial charge in [0, 0.05) is 48.3 Å². The van der Waals surface area contributed by atoms with Gasteiger partial charge < -0.3 is 10.2 Å². The predicted molar refractivity (Wildman–Crippen MR) is 592 cm³/mol. The molecule has 0 saturated carbocycles. The van der Waals surface area contributed by atoms with E-state index in [1.54, 1.807) is 0 Å². The summed E-state index contributed by atoms with van der Waals surface area (Å²) in [5.41, 5.74) is 12.3. The van der Waals surface area contributed by atoms with E-state index >= 15 is 0 Å². The van der Waals surface area contributed by atoms with Crippen LogP contribution in [0.15, 0.2) is 486 Å². The first-order valence-corrected chi connectivity index (χ1v) is 65.4. The molecule has 141 heavy (non-hydrogen) atoms. The summed E-state index contributed by atoms with van der Waals surface area (Å²) >= 11 is 1.86. The molecule has 3 aliphatic rings. The molecule has 3 nitrogen and oxygen atoms in total. The van der Waals surface area contributed by atoms with Gasteiger partial charge in [-0.25, -0.2) is 0 Å². The Bertz CT molecular complexity index is 6160. The Hall–Kier alpha value is -8.97. The van der Waals surface area contributed by atoms with Crippen molar-refractivity contribution in [2.75, 3.05) is 40.3 Å². The van der Waals surface area contributed by atoms with Gasteiger partial charge in [-0.05, 0) is 372 Å². The lowest BCUT2D eigenvalue weighted by Gasteiger charge is -2.16. The van der Waals surface area contributed by atoms with Gasteiger partial charge in [0.25, 0.3) is 0 Å². The maximum Gasteiger partial charge on any atom is 0.357 e. The van der Waals surface area contributed by atoms with Crippen LogP contribution in [-0.4, -0.2) is 56.3 Å². The minimum atomic E-state index is -0.123.